The van der Waals surface area contributed by atoms with Gasteiger partial charge in [0.2, 0.25) is 0 Å². The Bertz CT molecular complexity index is 498. The fourth-order valence-corrected chi connectivity index (χ4v) is 2.40. The first-order chi connectivity index (χ1) is 9.61. The van der Waals surface area contributed by atoms with Crippen molar-refractivity contribution in [1.29, 1.82) is 0 Å². The van der Waals surface area contributed by atoms with E-state index in [1.807, 2.05) is 18.2 Å². The molecule has 2 rings (SSSR count). The number of aliphatic hydroxyl groups is 1. The van der Waals surface area contributed by atoms with Crippen molar-refractivity contribution in [3.05, 3.63) is 42.0 Å². The number of carbonyl (C=O) groups excluding carboxylic acids is 1. The average molecular weight is 275 g/mol. The molecule has 4 heteroatoms. The number of nitrogens with one attached hydrogen (secondary N) is 1. The molecule has 1 aromatic carbocycles. The van der Waals surface area contributed by atoms with Crippen LogP contribution in [0.1, 0.15) is 37.0 Å². The van der Waals surface area contributed by atoms with Crippen molar-refractivity contribution >= 4 is 5.91 Å². The third kappa shape index (κ3) is 3.39. The van der Waals surface area contributed by atoms with Gasteiger partial charge in [0.15, 0.2) is 6.10 Å². The lowest BCUT2D eigenvalue weighted by atomic mass is 9.89. The summed E-state index contributed by atoms with van der Waals surface area (Å²) in [5.74, 6) is 0.439. The number of ether oxygens (including phenoxy) is 1. The predicted molar refractivity (Wildman–Crippen MR) is 77.6 cm³/mol. The minimum absolute atomic E-state index is 0.178. The molecule has 4 nitrogen and oxygen atoms in total. The third-order valence-electron chi connectivity index (χ3n) is 3.50. The first-order valence-corrected chi connectivity index (χ1v) is 6.98. The van der Waals surface area contributed by atoms with Crippen molar-refractivity contribution in [3.8, 4) is 5.75 Å². The average Bonchev–Trinajstić information content (AvgIpc) is 2.45. The standard InChI is InChI=1S/C16H21NO3/c1-3-9-17-16(19)11(2)20-13-8-7-12-5-4-6-15(18)14(12)10-13/h3,7-8,10-11,15,18H,1,4-6,9H2,2H3,(H,17,19)/t11?,15-/m1/s1. The second kappa shape index (κ2) is 6.57. The number of hydrogen-bond donors (Lipinski definition) is 2. The van der Waals surface area contributed by atoms with Crippen molar-refractivity contribution in [3.63, 3.8) is 0 Å². The van der Waals surface area contributed by atoms with Gasteiger partial charge in [-0.3, -0.25) is 4.79 Å². The highest BCUT2D eigenvalue weighted by Gasteiger charge is 2.20. The van der Waals surface area contributed by atoms with Crippen LogP contribution < -0.4 is 10.1 Å². The van der Waals surface area contributed by atoms with Gasteiger partial charge in [-0.15, -0.1) is 6.58 Å². The molecule has 1 aliphatic carbocycles. The quantitative estimate of drug-likeness (QED) is 0.809. The van der Waals surface area contributed by atoms with E-state index < -0.39 is 12.2 Å². The fraction of sp³-hybridized carbons (Fsp3) is 0.438. The minimum atomic E-state index is -0.575. The van der Waals surface area contributed by atoms with Gasteiger partial charge in [0, 0.05) is 6.54 Å². The highest BCUT2D eigenvalue weighted by atomic mass is 16.5. The number of benzene rings is 1. The van der Waals surface area contributed by atoms with E-state index in [2.05, 4.69) is 11.9 Å². The summed E-state index contributed by atoms with van der Waals surface area (Å²) in [7, 11) is 0. The Balaban J connectivity index is 2.04. The van der Waals surface area contributed by atoms with Crippen LogP contribution in [0.25, 0.3) is 0 Å². The molecule has 0 radical (unpaired) electrons. The molecule has 108 valence electrons. The maximum Gasteiger partial charge on any atom is 0.261 e. The number of carbonyl (C=O) groups is 1. The summed E-state index contributed by atoms with van der Waals surface area (Å²) in [6, 6.07) is 5.67. The van der Waals surface area contributed by atoms with Gasteiger partial charge in [0.25, 0.3) is 5.91 Å². The number of aliphatic hydroxyl groups excluding tert-OH is 1. The number of hydrogen-bond acceptors (Lipinski definition) is 3. The Kier molecular flexibility index (Phi) is 4.79. The monoisotopic (exact) mass is 275 g/mol. The van der Waals surface area contributed by atoms with Crippen molar-refractivity contribution < 1.29 is 14.6 Å². The lowest BCUT2D eigenvalue weighted by molar-refractivity contribution is -0.127. The van der Waals surface area contributed by atoms with E-state index >= 15 is 0 Å². The van der Waals surface area contributed by atoms with Gasteiger partial charge in [0.1, 0.15) is 5.75 Å². The van der Waals surface area contributed by atoms with Crippen LogP contribution in [0.4, 0.5) is 0 Å². The number of amides is 1. The molecule has 2 N–H and O–H groups in total. The van der Waals surface area contributed by atoms with Crippen LogP contribution in [0.15, 0.2) is 30.9 Å². The van der Waals surface area contributed by atoms with E-state index in [9.17, 15) is 9.90 Å². The zero-order chi connectivity index (χ0) is 14.5. The van der Waals surface area contributed by atoms with E-state index in [1.165, 1.54) is 5.56 Å². The van der Waals surface area contributed by atoms with Gasteiger partial charge in [-0.25, -0.2) is 0 Å². The van der Waals surface area contributed by atoms with E-state index in [4.69, 9.17) is 4.74 Å². The van der Waals surface area contributed by atoms with Gasteiger partial charge in [0.05, 0.1) is 6.10 Å². The SMILES string of the molecule is C=CCNC(=O)C(C)Oc1ccc2c(c1)[C@H](O)CCC2. The summed E-state index contributed by atoms with van der Waals surface area (Å²) in [5, 5.41) is 12.7. The molecule has 0 saturated carbocycles. The van der Waals surface area contributed by atoms with Crippen molar-refractivity contribution in [2.24, 2.45) is 0 Å². The largest absolute Gasteiger partial charge is 0.481 e. The molecule has 0 saturated heterocycles. The fourth-order valence-electron chi connectivity index (χ4n) is 2.40. The van der Waals surface area contributed by atoms with Gasteiger partial charge in [-0.2, -0.15) is 0 Å². The molecule has 1 aliphatic rings. The van der Waals surface area contributed by atoms with Crippen molar-refractivity contribution in [1.82, 2.24) is 5.32 Å². The number of fused-ring (bicyclic) bond motifs is 1. The lowest BCUT2D eigenvalue weighted by Crippen LogP contribution is -2.36. The Labute approximate surface area is 119 Å². The molecule has 0 aliphatic heterocycles. The molecule has 0 heterocycles. The molecule has 1 aromatic rings. The summed E-state index contributed by atoms with van der Waals surface area (Å²) in [5.41, 5.74) is 2.09. The van der Waals surface area contributed by atoms with Crippen LogP contribution in [0.2, 0.25) is 0 Å². The Morgan fingerprint density at radius 2 is 2.45 bits per heavy atom. The maximum absolute atomic E-state index is 11.7. The van der Waals surface area contributed by atoms with E-state index in [0.29, 0.717) is 12.3 Å². The zero-order valence-corrected chi connectivity index (χ0v) is 11.8. The maximum atomic E-state index is 11.7. The molecule has 0 aromatic heterocycles. The van der Waals surface area contributed by atoms with E-state index in [0.717, 1.165) is 24.8 Å². The molecular weight excluding hydrogens is 254 g/mol. The normalized spacial score (nSPS) is 18.8. The van der Waals surface area contributed by atoms with Gasteiger partial charge >= 0.3 is 0 Å². The van der Waals surface area contributed by atoms with Crippen LogP contribution in [-0.4, -0.2) is 23.7 Å². The molecule has 1 unspecified atom stereocenters. The molecular formula is C16H21NO3. The lowest BCUT2D eigenvalue weighted by Gasteiger charge is -2.22. The molecule has 0 fully saturated rings. The smallest absolute Gasteiger partial charge is 0.261 e. The summed E-state index contributed by atoms with van der Waals surface area (Å²) >= 11 is 0. The summed E-state index contributed by atoms with van der Waals surface area (Å²) in [4.78, 5) is 11.7. The Morgan fingerprint density at radius 3 is 3.20 bits per heavy atom. The second-order valence-corrected chi connectivity index (χ2v) is 5.06. The van der Waals surface area contributed by atoms with Crippen molar-refractivity contribution in [2.75, 3.05) is 6.54 Å². The van der Waals surface area contributed by atoms with Crippen LogP contribution >= 0.6 is 0 Å². The van der Waals surface area contributed by atoms with Gasteiger partial charge in [-0.05, 0) is 49.4 Å². The first kappa shape index (κ1) is 14.6. The summed E-state index contributed by atoms with van der Waals surface area (Å²) < 4.78 is 5.63. The Morgan fingerprint density at radius 1 is 1.65 bits per heavy atom. The molecule has 20 heavy (non-hydrogen) atoms. The van der Waals surface area contributed by atoms with E-state index in [-0.39, 0.29) is 5.91 Å². The zero-order valence-electron chi connectivity index (χ0n) is 11.8. The Hall–Kier alpha value is -1.81. The van der Waals surface area contributed by atoms with Crippen LogP contribution in [-0.2, 0) is 11.2 Å². The minimum Gasteiger partial charge on any atom is -0.481 e. The first-order valence-electron chi connectivity index (χ1n) is 6.98. The molecule has 1 amide bonds. The predicted octanol–water partition coefficient (Wildman–Crippen LogP) is 2.13. The highest BCUT2D eigenvalue weighted by molar-refractivity contribution is 5.80. The topological polar surface area (TPSA) is 58.6 Å². The second-order valence-electron chi connectivity index (χ2n) is 5.06. The number of rotatable bonds is 5. The molecule has 0 bridgehead atoms. The number of aryl methyl sites for hydroxylation is 1. The summed E-state index contributed by atoms with van der Waals surface area (Å²) in [6.45, 7) is 5.68. The van der Waals surface area contributed by atoms with Crippen LogP contribution in [0, 0.1) is 0 Å². The summed E-state index contributed by atoms with van der Waals surface area (Å²) in [6.07, 6.45) is 3.41. The highest BCUT2D eigenvalue weighted by Crippen LogP contribution is 2.32. The van der Waals surface area contributed by atoms with Crippen LogP contribution in [0.3, 0.4) is 0 Å². The van der Waals surface area contributed by atoms with Gasteiger partial charge in [-0.1, -0.05) is 12.1 Å². The molecule has 2 atom stereocenters. The third-order valence-corrected chi connectivity index (χ3v) is 3.50. The molecule has 0 spiro atoms. The van der Waals surface area contributed by atoms with Crippen LogP contribution in [0.5, 0.6) is 5.75 Å². The van der Waals surface area contributed by atoms with E-state index in [1.54, 1.807) is 13.0 Å². The van der Waals surface area contributed by atoms with Gasteiger partial charge < -0.3 is 15.2 Å². The van der Waals surface area contributed by atoms with Crippen molar-refractivity contribution in [2.45, 2.75) is 38.4 Å².